The molecular weight excluding hydrogens is 449 g/mol. The van der Waals surface area contributed by atoms with Crippen LogP contribution in [0.4, 0.5) is 19.0 Å². The molecule has 34 heavy (non-hydrogen) atoms. The van der Waals surface area contributed by atoms with E-state index < -0.39 is 30.5 Å². The number of benzene rings is 2. The Morgan fingerprint density at radius 2 is 1.88 bits per heavy atom. The highest BCUT2D eigenvalue weighted by molar-refractivity contribution is 5.97. The first-order valence-corrected chi connectivity index (χ1v) is 10.6. The van der Waals surface area contributed by atoms with Crippen molar-refractivity contribution in [2.24, 2.45) is 5.92 Å². The van der Waals surface area contributed by atoms with Crippen LogP contribution in [0.25, 0.3) is 16.9 Å². The molecule has 0 radical (unpaired) electrons. The van der Waals surface area contributed by atoms with Gasteiger partial charge in [-0.3, -0.25) is 9.59 Å². The first-order chi connectivity index (χ1) is 16.1. The van der Waals surface area contributed by atoms with Crippen molar-refractivity contribution in [1.29, 1.82) is 0 Å². The lowest BCUT2D eigenvalue weighted by molar-refractivity contribution is -0.157. The van der Waals surface area contributed by atoms with Gasteiger partial charge in [0.05, 0.1) is 24.4 Å². The minimum atomic E-state index is -4.52. The third kappa shape index (κ3) is 5.05. The van der Waals surface area contributed by atoms with Gasteiger partial charge in [-0.15, -0.1) is 0 Å². The van der Waals surface area contributed by atoms with E-state index in [-0.39, 0.29) is 13.0 Å². The number of nitrogens with one attached hydrogen (secondary N) is 1. The molecule has 1 saturated heterocycles. The van der Waals surface area contributed by atoms with Gasteiger partial charge in [0.25, 0.3) is 0 Å². The number of likely N-dealkylation sites (tertiary alicyclic amines) is 1. The molecule has 7 nitrogen and oxygen atoms in total. The number of aromatic nitrogens is 2. The van der Waals surface area contributed by atoms with Gasteiger partial charge in [-0.25, -0.2) is 4.68 Å². The summed E-state index contributed by atoms with van der Waals surface area (Å²) in [5.74, 6) is -1.21. The van der Waals surface area contributed by atoms with Crippen molar-refractivity contribution >= 4 is 17.6 Å². The monoisotopic (exact) mass is 472 g/mol. The van der Waals surface area contributed by atoms with Crippen LogP contribution in [0.1, 0.15) is 12.0 Å². The fourth-order valence-electron chi connectivity index (χ4n) is 3.89. The van der Waals surface area contributed by atoms with Gasteiger partial charge in [-0.1, -0.05) is 29.8 Å². The number of carbonyl (C=O) groups excluding carboxylic acids is 2. The molecule has 10 heteroatoms. The number of aryl methyl sites for hydroxylation is 1. The molecule has 1 atom stereocenters. The maximum Gasteiger partial charge on any atom is 0.406 e. The Morgan fingerprint density at radius 3 is 2.56 bits per heavy atom. The fraction of sp³-hybridized carbons (Fsp3) is 0.292. The van der Waals surface area contributed by atoms with E-state index in [9.17, 15) is 22.8 Å². The van der Waals surface area contributed by atoms with Crippen LogP contribution in [0.5, 0.6) is 5.75 Å². The Hall–Kier alpha value is -3.82. The second-order valence-corrected chi connectivity index (χ2v) is 8.14. The van der Waals surface area contributed by atoms with E-state index in [4.69, 9.17) is 4.74 Å². The number of hydrogen-bond acceptors (Lipinski definition) is 4. The second kappa shape index (κ2) is 9.20. The summed E-state index contributed by atoms with van der Waals surface area (Å²) < 4.78 is 45.2. The molecule has 1 fully saturated rings. The van der Waals surface area contributed by atoms with E-state index in [1.807, 2.05) is 49.4 Å². The van der Waals surface area contributed by atoms with Crippen molar-refractivity contribution in [3.63, 3.8) is 0 Å². The Bertz CT molecular complexity index is 1200. The van der Waals surface area contributed by atoms with Gasteiger partial charge in [0.2, 0.25) is 11.8 Å². The molecule has 1 aliphatic heterocycles. The molecule has 3 aromatic rings. The Morgan fingerprint density at radius 1 is 1.18 bits per heavy atom. The molecule has 0 spiro atoms. The lowest BCUT2D eigenvalue weighted by Gasteiger charge is -2.18. The van der Waals surface area contributed by atoms with Gasteiger partial charge in [-0.2, -0.15) is 18.3 Å². The SMILES string of the molecule is COc1ccccc1-c1cc(NC(=O)C2CC(=O)N(CC(F)(F)F)C2)n(-c2ccc(C)cc2)n1. The molecule has 1 unspecified atom stereocenters. The molecular formula is C24H23F3N4O3. The number of halogens is 3. The van der Waals surface area contributed by atoms with Crippen LogP contribution in [-0.4, -0.2) is 52.9 Å². The van der Waals surface area contributed by atoms with Gasteiger partial charge < -0.3 is 15.0 Å². The van der Waals surface area contributed by atoms with E-state index in [0.717, 1.165) is 5.56 Å². The number of para-hydroxylation sites is 1. The predicted octanol–water partition coefficient (Wildman–Crippen LogP) is 4.21. The van der Waals surface area contributed by atoms with Crippen molar-refractivity contribution in [1.82, 2.24) is 14.7 Å². The minimum Gasteiger partial charge on any atom is -0.496 e. The van der Waals surface area contributed by atoms with Crippen LogP contribution < -0.4 is 10.1 Å². The van der Waals surface area contributed by atoms with Crippen LogP contribution >= 0.6 is 0 Å². The smallest absolute Gasteiger partial charge is 0.406 e. The summed E-state index contributed by atoms with van der Waals surface area (Å²) in [6.07, 6.45) is -4.80. The largest absolute Gasteiger partial charge is 0.496 e. The van der Waals surface area contributed by atoms with Crippen LogP contribution in [0, 0.1) is 12.8 Å². The molecule has 4 rings (SSSR count). The van der Waals surface area contributed by atoms with E-state index in [2.05, 4.69) is 10.4 Å². The van der Waals surface area contributed by atoms with Crippen LogP contribution in [0.2, 0.25) is 0 Å². The first-order valence-electron chi connectivity index (χ1n) is 10.6. The van der Waals surface area contributed by atoms with Crippen molar-refractivity contribution in [3.8, 4) is 22.7 Å². The zero-order valence-corrected chi connectivity index (χ0v) is 18.6. The highest BCUT2D eigenvalue weighted by Crippen LogP contribution is 2.32. The molecule has 0 aliphatic carbocycles. The highest BCUT2D eigenvalue weighted by Gasteiger charge is 2.40. The molecule has 2 amide bonds. The number of hydrogen-bond donors (Lipinski definition) is 1. The summed E-state index contributed by atoms with van der Waals surface area (Å²) in [4.78, 5) is 25.6. The Balaban J connectivity index is 1.64. The maximum absolute atomic E-state index is 12.9. The third-order valence-electron chi connectivity index (χ3n) is 5.58. The normalized spacial score (nSPS) is 16.1. The van der Waals surface area contributed by atoms with E-state index in [0.29, 0.717) is 33.4 Å². The lowest BCUT2D eigenvalue weighted by Crippen LogP contribution is -2.36. The summed E-state index contributed by atoms with van der Waals surface area (Å²) >= 11 is 0. The topological polar surface area (TPSA) is 76.5 Å². The number of carbonyl (C=O) groups is 2. The summed E-state index contributed by atoms with van der Waals surface area (Å²) in [6.45, 7) is 0.288. The average molecular weight is 472 g/mol. The number of methoxy groups -OCH3 is 1. The Kier molecular flexibility index (Phi) is 6.32. The zero-order valence-electron chi connectivity index (χ0n) is 18.6. The standard InChI is InChI=1S/C24H23F3N4O3/c1-15-7-9-17(10-8-15)31-21(12-19(29-31)18-5-3-4-6-20(18)34-2)28-23(33)16-11-22(32)30(13-16)14-24(25,26)27/h3-10,12,16H,11,13-14H2,1-2H3,(H,28,33). The molecule has 2 heterocycles. The fourth-order valence-corrected chi connectivity index (χ4v) is 3.89. The number of ether oxygens (including phenoxy) is 1. The van der Waals surface area contributed by atoms with Crippen molar-refractivity contribution < 1.29 is 27.5 Å². The van der Waals surface area contributed by atoms with Crippen molar-refractivity contribution in [3.05, 3.63) is 60.2 Å². The second-order valence-electron chi connectivity index (χ2n) is 8.14. The average Bonchev–Trinajstić information content (AvgIpc) is 3.37. The van der Waals surface area contributed by atoms with Gasteiger partial charge in [0.1, 0.15) is 18.1 Å². The van der Waals surface area contributed by atoms with Crippen molar-refractivity contribution in [2.75, 3.05) is 25.5 Å². The van der Waals surface area contributed by atoms with Crippen LogP contribution in [-0.2, 0) is 9.59 Å². The molecule has 0 bridgehead atoms. The summed E-state index contributed by atoms with van der Waals surface area (Å²) in [7, 11) is 1.54. The number of alkyl halides is 3. The molecule has 1 N–H and O–H groups in total. The van der Waals surface area contributed by atoms with Crippen LogP contribution in [0.3, 0.4) is 0 Å². The molecule has 1 aliphatic rings. The predicted molar refractivity (Wildman–Crippen MR) is 120 cm³/mol. The molecule has 0 saturated carbocycles. The van der Waals surface area contributed by atoms with Gasteiger partial charge in [-0.05, 0) is 31.2 Å². The van der Waals surface area contributed by atoms with E-state index in [1.54, 1.807) is 23.9 Å². The number of rotatable bonds is 6. The number of amides is 2. The first kappa shape index (κ1) is 23.3. The van der Waals surface area contributed by atoms with Gasteiger partial charge in [0.15, 0.2) is 0 Å². The molecule has 2 aromatic carbocycles. The van der Waals surface area contributed by atoms with Gasteiger partial charge in [0, 0.05) is 24.6 Å². The Labute approximate surface area is 194 Å². The van der Waals surface area contributed by atoms with Gasteiger partial charge >= 0.3 is 6.18 Å². The van der Waals surface area contributed by atoms with Crippen molar-refractivity contribution in [2.45, 2.75) is 19.5 Å². The summed E-state index contributed by atoms with van der Waals surface area (Å²) in [5.41, 5.74) is 2.97. The maximum atomic E-state index is 12.9. The highest BCUT2D eigenvalue weighted by atomic mass is 19.4. The molecule has 178 valence electrons. The van der Waals surface area contributed by atoms with E-state index >= 15 is 0 Å². The summed E-state index contributed by atoms with van der Waals surface area (Å²) in [6, 6.07) is 16.4. The van der Waals surface area contributed by atoms with E-state index in [1.165, 1.54) is 0 Å². The number of anilines is 1. The zero-order chi connectivity index (χ0) is 24.5. The quantitative estimate of drug-likeness (QED) is 0.583. The lowest BCUT2D eigenvalue weighted by atomic mass is 10.1. The third-order valence-corrected chi connectivity index (χ3v) is 5.58. The summed E-state index contributed by atoms with van der Waals surface area (Å²) in [5, 5.41) is 7.40. The minimum absolute atomic E-state index is 0.278. The van der Waals surface area contributed by atoms with Crippen LogP contribution in [0.15, 0.2) is 54.6 Å². The number of nitrogens with zero attached hydrogens (tertiary/aromatic N) is 3. The molecule has 1 aromatic heterocycles.